The van der Waals surface area contributed by atoms with Crippen molar-refractivity contribution in [1.29, 1.82) is 0 Å². The van der Waals surface area contributed by atoms with E-state index in [0.29, 0.717) is 16.0 Å². The monoisotopic (exact) mass is 463 g/mol. The second-order valence-electron chi connectivity index (χ2n) is 7.97. The molecule has 0 fully saturated rings. The predicted octanol–water partition coefficient (Wildman–Crippen LogP) is 5.14. The van der Waals surface area contributed by atoms with Crippen LogP contribution in [0, 0.1) is 19.1 Å². The van der Waals surface area contributed by atoms with Gasteiger partial charge in [-0.05, 0) is 36.8 Å². The second kappa shape index (κ2) is 9.01. The zero-order chi connectivity index (χ0) is 24.5. The van der Waals surface area contributed by atoms with Crippen LogP contribution >= 0.6 is 0 Å². The van der Waals surface area contributed by atoms with Gasteiger partial charge >= 0.3 is 0 Å². The maximum absolute atomic E-state index is 14.0. The summed E-state index contributed by atoms with van der Waals surface area (Å²) in [5.74, 6) is -3.53. The van der Waals surface area contributed by atoms with Crippen molar-refractivity contribution in [2.45, 2.75) is 33.1 Å². The molecule has 0 saturated carbocycles. The number of H-pyrrole nitrogens is 1. The van der Waals surface area contributed by atoms with Crippen LogP contribution in [0.25, 0.3) is 22.6 Å². The van der Waals surface area contributed by atoms with E-state index < -0.39 is 11.8 Å². The average molecular weight is 463 g/mol. The predicted molar refractivity (Wildman–Crippen MR) is 124 cm³/mol. The molecule has 1 amide bonds. The Kier molecular flexibility index (Phi) is 6.10. The van der Waals surface area contributed by atoms with Gasteiger partial charge in [-0.3, -0.25) is 4.79 Å². The summed E-state index contributed by atoms with van der Waals surface area (Å²) in [5.41, 5.74) is 3.16. The first-order valence-corrected chi connectivity index (χ1v) is 10.7. The van der Waals surface area contributed by atoms with E-state index >= 15 is 0 Å². The molecule has 0 aliphatic carbocycles. The number of rotatable bonds is 6. The molecule has 0 aliphatic heterocycles. The zero-order valence-electron chi connectivity index (χ0n) is 18.9. The summed E-state index contributed by atoms with van der Waals surface area (Å²) in [6, 6.07) is 12.7. The van der Waals surface area contributed by atoms with Crippen LogP contribution in [0.3, 0.4) is 0 Å². The lowest BCUT2D eigenvalue weighted by atomic mass is 10.0. The van der Waals surface area contributed by atoms with Crippen molar-refractivity contribution >= 4 is 11.6 Å². The fourth-order valence-electron chi connectivity index (χ4n) is 3.74. The van der Waals surface area contributed by atoms with E-state index in [0.717, 1.165) is 16.8 Å². The van der Waals surface area contributed by atoms with Crippen LogP contribution in [0.5, 0.6) is 0 Å². The van der Waals surface area contributed by atoms with Gasteiger partial charge in [0.25, 0.3) is 17.7 Å². The fraction of sp³-hybridized carbons (Fsp3) is 0.200. The van der Waals surface area contributed by atoms with E-state index in [1.807, 2.05) is 13.0 Å². The highest BCUT2D eigenvalue weighted by molar-refractivity contribution is 6.02. The number of aromatic amines is 1. The summed E-state index contributed by atoms with van der Waals surface area (Å²) in [7, 11) is 0. The van der Waals surface area contributed by atoms with Gasteiger partial charge in [0, 0.05) is 36.4 Å². The largest absolute Gasteiger partial charge is 0.710 e. The van der Waals surface area contributed by atoms with Gasteiger partial charge in [0.05, 0.1) is 11.3 Å². The molecule has 0 saturated heterocycles. The molecule has 2 aromatic carbocycles. The third-order valence-corrected chi connectivity index (χ3v) is 5.57. The molecule has 4 rings (SSSR count). The molecular formula is C25H23F2N5O2. The number of amides is 1. The van der Waals surface area contributed by atoms with Gasteiger partial charge in [-0.15, -0.1) is 0 Å². The minimum absolute atomic E-state index is 0.147. The molecule has 2 aromatic heterocycles. The lowest BCUT2D eigenvalue weighted by Gasteiger charge is -2.15. The van der Waals surface area contributed by atoms with Gasteiger partial charge < -0.3 is 10.5 Å². The van der Waals surface area contributed by atoms with E-state index in [4.69, 9.17) is 0 Å². The van der Waals surface area contributed by atoms with Crippen LogP contribution in [0.15, 0.2) is 61.1 Å². The average Bonchev–Trinajstić information content (AvgIpc) is 3.13. The summed E-state index contributed by atoms with van der Waals surface area (Å²) in [6.45, 7) is 4.88. The fourth-order valence-corrected chi connectivity index (χ4v) is 3.74. The number of hydrogen-bond donors (Lipinski definition) is 2. The number of aromatic nitrogens is 4. The number of benzene rings is 2. The first kappa shape index (κ1) is 23.0. The van der Waals surface area contributed by atoms with E-state index in [1.54, 1.807) is 31.3 Å². The number of halogens is 2. The molecule has 9 heteroatoms. The Bertz CT molecular complexity index is 1370. The van der Waals surface area contributed by atoms with Crippen molar-refractivity contribution in [1.82, 2.24) is 15.0 Å². The first-order valence-electron chi connectivity index (χ1n) is 10.7. The highest BCUT2D eigenvalue weighted by Crippen LogP contribution is 2.32. The molecule has 0 bridgehead atoms. The Hall–Kier alpha value is -4.14. The minimum Gasteiger partial charge on any atom is -0.710 e. The minimum atomic E-state index is -3.01. The lowest BCUT2D eigenvalue weighted by molar-refractivity contribution is -0.594. The van der Waals surface area contributed by atoms with Crippen LogP contribution in [0.1, 0.15) is 40.7 Å². The van der Waals surface area contributed by atoms with Crippen molar-refractivity contribution in [2.75, 3.05) is 5.32 Å². The Balaban J connectivity index is 1.65. The van der Waals surface area contributed by atoms with Gasteiger partial charge in [0.1, 0.15) is 6.33 Å². The molecular weight excluding hydrogens is 440 g/mol. The van der Waals surface area contributed by atoms with Crippen LogP contribution in [-0.2, 0) is 5.92 Å². The third-order valence-electron chi connectivity index (χ3n) is 5.57. The first-order chi connectivity index (χ1) is 16.2. The number of nitrogens with zero attached hydrogens (tertiary/aromatic N) is 3. The smallest absolute Gasteiger partial charge is 0.300 e. The number of anilines is 1. The molecule has 4 aromatic rings. The summed E-state index contributed by atoms with van der Waals surface area (Å²) in [4.78, 5) is 24.2. The number of alkyl halides is 2. The van der Waals surface area contributed by atoms with E-state index in [1.165, 1.54) is 37.5 Å². The topological polar surface area (TPSA) is 97.6 Å². The van der Waals surface area contributed by atoms with Crippen molar-refractivity contribution in [3.8, 4) is 22.6 Å². The Morgan fingerprint density at radius 3 is 2.62 bits per heavy atom. The van der Waals surface area contributed by atoms with E-state index in [9.17, 15) is 18.8 Å². The SMILES string of the molecule is CCC(F)(F)c1cccc(NC(=O)c2c(C)[nH]c(-c3cccc(-c4ncncc4C)c3)[n+]2[O-])c1. The lowest BCUT2D eigenvalue weighted by Crippen LogP contribution is -2.36. The molecule has 0 spiro atoms. The quantitative estimate of drug-likeness (QED) is 0.305. The summed E-state index contributed by atoms with van der Waals surface area (Å²) in [6.07, 6.45) is 2.80. The number of carbonyl (C=O) groups excluding carboxylic acids is 1. The molecule has 0 atom stereocenters. The number of carbonyl (C=O) groups is 1. The number of nitrogens with one attached hydrogen (secondary N) is 2. The van der Waals surface area contributed by atoms with Gasteiger partial charge in [-0.2, -0.15) is 0 Å². The molecule has 0 aliphatic rings. The third kappa shape index (κ3) is 4.36. The van der Waals surface area contributed by atoms with Crippen molar-refractivity contribution in [3.63, 3.8) is 0 Å². The summed E-state index contributed by atoms with van der Waals surface area (Å²) in [5, 5.41) is 15.6. The number of imidazole rings is 1. The molecule has 2 N–H and O–H groups in total. The molecule has 34 heavy (non-hydrogen) atoms. The maximum atomic E-state index is 14.0. The Morgan fingerprint density at radius 1 is 1.15 bits per heavy atom. The number of hydrogen-bond acceptors (Lipinski definition) is 4. The standard InChI is InChI=1S/C25H23F2N5O2/c1-4-25(26,27)19-9-6-10-20(12-19)31-24(33)22-16(3)30-23(32(22)34)18-8-5-7-17(11-18)21-15(2)13-28-14-29-21/h5-14,30H,4H2,1-3H3,(H,31,33). The molecule has 7 nitrogen and oxygen atoms in total. The van der Waals surface area contributed by atoms with Crippen molar-refractivity contribution < 1.29 is 18.3 Å². The highest BCUT2D eigenvalue weighted by atomic mass is 19.3. The van der Waals surface area contributed by atoms with E-state index in [2.05, 4.69) is 20.3 Å². The Morgan fingerprint density at radius 2 is 1.88 bits per heavy atom. The second-order valence-corrected chi connectivity index (χ2v) is 7.97. The Labute approximate surface area is 195 Å². The van der Waals surface area contributed by atoms with Gasteiger partial charge in [0.2, 0.25) is 5.69 Å². The van der Waals surface area contributed by atoms with E-state index in [-0.39, 0.29) is 29.2 Å². The summed E-state index contributed by atoms with van der Waals surface area (Å²) < 4.78 is 28.6. The van der Waals surface area contributed by atoms with Crippen LogP contribution in [0.4, 0.5) is 14.5 Å². The molecule has 0 unspecified atom stereocenters. The number of aryl methyl sites for hydroxylation is 2. The molecule has 2 heterocycles. The van der Waals surface area contributed by atoms with Gasteiger partial charge in [-0.25, -0.2) is 28.5 Å². The van der Waals surface area contributed by atoms with Crippen LogP contribution in [-0.4, -0.2) is 20.9 Å². The van der Waals surface area contributed by atoms with Crippen LogP contribution in [0.2, 0.25) is 0 Å². The summed E-state index contributed by atoms with van der Waals surface area (Å²) >= 11 is 0. The van der Waals surface area contributed by atoms with Crippen molar-refractivity contribution in [3.05, 3.63) is 88.8 Å². The normalized spacial score (nSPS) is 11.4. The van der Waals surface area contributed by atoms with Gasteiger partial charge in [-0.1, -0.05) is 31.2 Å². The highest BCUT2D eigenvalue weighted by Gasteiger charge is 2.30. The zero-order valence-corrected chi connectivity index (χ0v) is 18.9. The van der Waals surface area contributed by atoms with Gasteiger partial charge in [0.15, 0.2) is 5.69 Å². The molecule has 0 radical (unpaired) electrons. The molecule has 174 valence electrons. The van der Waals surface area contributed by atoms with Crippen LogP contribution < -0.4 is 10.0 Å². The van der Waals surface area contributed by atoms with Crippen molar-refractivity contribution in [2.24, 2.45) is 0 Å². The maximum Gasteiger partial charge on any atom is 0.300 e.